The van der Waals surface area contributed by atoms with E-state index in [0.29, 0.717) is 6.54 Å². The summed E-state index contributed by atoms with van der Waals surface area (Å²) in [5.74, 6) is 0.230. The summed E-state index contributed by atoms with van der Waals surface area (Å²) in [6.07, 6.45) is 2.30. The maximum absolute atomic E-state index is 10.7. The minimum absolute atomic E-state index is 0.230. The lowest BCUT2D eigenvalue weighted by molar-refractivity contribution is 0.590. The van der Waals surface area contributed by atoms with Crippen molar-refractivity contribution >= 4 is 9.84 Å². The Bertz CT molecular complexity index is 202. The highest BCUT2D eigenvalue weighted by Gasteiger charge is 1.99. The van der Waals surface area contributed by atoms with E-state index in [-0.39, 0.29) is 5.75 Å². The van der Waals surface area contributed by atoms with Gasteiger partial charge < -0.3 is 10.6 Å². The maximum atomic E-state index is 10.7. The number of hydrogen-bond donors (Lipinski definition) is 2. The quantitative estimate of drug-likeness (QED) is 0.534. The Morgan fingerprint density at radius 1 is 1.08 bits per heavy atom. The summed E-state index contributed by atoms with van der Waals surface area (Å²) < 4.78 is 21.4. The van der Waals surface area contributed by atoms with Crippen LogP contribution in [-0.4, -0.2) is 46.6 Å². The van der Waals surface area contributed by atoms with Gasteiger partial charge in [-0.05, 0) is 26.1 Å². The van der Waals surface area contributed by atoms with Crippen molar-refractivity contribution in [3.8, 4) is 0 Å². The molecule has 0 rings (SSSR count). The molecule has 80 valence electrons. The Hall–Kier alpha value is -0.130. The van der Waals surface area contributed by atoms with Gasteiger partial charge in [0, 0.05) is 12.8 Å². The van der Waals surface area contributed by atoms with E-state index in [1.54, 1.807) is 0 Å². The molecule has 0 heterocycles. The highest BCUT2D eigenvalue weighted by Crippen LogP contribution is 1.80. The lowest BCUT2D eigenvalue weighted by Crippen LogP contribution is -2.26. The molecule has 0 spiro atoms. The molecule has 0 atom stereocenters. The zero-order chi connectivity index (χ0) is 10.2. The van der Waals surface area contributed by atoms with E-state index in [0.717, 1.165) is 26.1 Å². The summed E-state index contributed by atoms with van der Waals surface area (Å²) in [6.45, 7) is 5.48. The largest absolute Gasteiger partial charge is 0.317 e. The lowest BCUT2D eigenvalue weighted by Gasteiger charge is -2.03. The molecule has 0 aliphatic heterocycles. The second kappa shape index (κ2) is 7.29. The predicted octanol–water partition coefficient (Wildman–Crippen LogP) is -0.380. The number of sulfone groups is 1. The van der Waals surface area contributed by atoms with Gasteiger partial charge in [0.2, 0.25) is 0 Å². The third-order valence-corrected chi connectivity index (χ3v) is 2.55. The zero-order valence-electron chi connectivity index (χ0n) is 8.47. The van der Waals surface area contributed by atoms with Crippen molar-refractivity contribution in [2.45, 2.75) is 13.3 Å². The first-order valence-electron chi connectivity index (χ1n) is 4.65. The van der Waals surface area contributed by atoms with Crippen molar-refractivity contribution in [1.82, 2.24) is 10.6 Å². The minimum Gasteiger partial charge on any atom is -0.317 e. The van der Waals surface area contributed by atoms with Crippen LogP contribution in [0.25, 0.3) is 0 Å². The summed E-state index contributed by atoms with van der Waals surface area (Å²) in [6, 6.07) is 0. The van der Waals surface area contributed by atoms with Gasteiger partial charge in [0.1, 0.15) is 9.84 Å². The minimum atomic E-state index is -2.80. The molecule has 0 amide bonds. The number of rotatable bonds is 8. The second-order valence-corrected chi connectivity index (χ2v) is 5.35. The molecule has 5 heteroatoms. The van der Waals surface area contributed by atoms with Crippen LogP contribution in [-0.2, 0) is 9.84 Å². The Labute approximate surface area is 81.0 Å². The lowest BCUT2D eigenvalue weighted by atomic mass is 10.4. The van der Waals surface area contributed by atoms with Crippen LogP contribution in [0.4, 0.5) is 0 Å². The molecule has 13 heavy (non-hydrogen) atoms. The summed E-state index contributed by atoms with van der Waals surface area (Å²) in [5, 5.41) is 6.28. The van der Waals surface area contributed by atoms with Crippen LogP contribution in [0, 0.1) is 0 Å². The molecule has 0 unspecified atom stereocenters. The number of nitrogens with one attached hydrogen (secondary N) is 2. The van der Waals surface area contributed by atoms with Crippen LogP contribution in [0.15, 0.2) is 0 Å². The second-order valence-electron chi connectivity index (χ2n) is 3.09. The summed E-state index contributed by atoms with van der Waals surface area (Å²) >= 11 is 0. The van der Waals surface area contributed by atoms with E-state index in [1.165, 1.54) is 6.26 Å². The van der Waals surface area contributed by atoms with Crippen LogP contribution in [0.1, 0.15) is 13.3 Å². The fourth-order valence-corrected chi connectivity index (χ4v) is 1.41. The van der Waals surface area contributed by atoms with E-state index in [1.807, 2.05) is 0 Å². The molecule has 0 saturated heterocycles. The molecular formula is C8H20N2O2S. The maximum Gasteiger partial charge on any atom is 0.148 e. The van der Waals surface area contributed by atoms with Crippen molar-refractivity contribution in [2.24, 2.45) is 0 Å². The van der Waals surface area contributed by atoms with Gasteiger partial charge in [-0.15, -0.1) is 0 Å². The van der Waals surface area contributed by atoms with E-state index in [2.05, 4.69) is 17.6 Å². The van der Waals surface area contributed by atoms with Crippen LogP contribution in [0.2, 0.25) is 0 Å². The van der Waals surface area contributed by atoms with Crippen molar-refractivity contribution in [1.29, 1.82) is 0 Å². The van der Waals surface area contributed by atoms with Gasteiger partial charge in [0.25, 0.3) is 0 Å². The van der Waals surface area contributed by atoms with Crippen molar-refractivity contribution in [2.75, 3.05) is 38.2 Å². The van der Waals surface area contributed by atoms with Gasteiger partial charge >= 0.3 is 0 Å². The Morgan fingerprint density at radius 3 is 2.23 bits per heavy atom. The topological polar surface area (TPSA) is 58.2 Å². The molecule has 0 saturated carbocycles. The average Bonchev–Trinajstić information content (AvgIpc) is 2.01. The fraction of sp³-hybridized carbons (Fsp3) is 1.00. The van der Waals surface area contributed by atoms with E-state index in [4.69, 9.17) is 0 Å². The molecular weight excluding hydrogens is 188 g/mol. The van der Waals surface area contributed by atoms with Gasteiger partial charge in [-0.1, -0.05) is 6.92 Å². The smallest absolute Gasteiger partial charge is 0.148 e. The summed E-state index contributed by atoms with van der Waals surface area (Å²) in [4.78, 5) is 0. The predicted molar refractivity (Wildman–Crippen MR) is 55.7 cm³/mol. The molecule has 2 N–H and O–H groups in total. The normalized spacial score (nSPS) is 11.8. The molecule has 0 aromatic heterocycles. The third-order valence-electron chi connectivity index (χ3n) is 1.61. The summed E-state index contributed by atoms with van der Waals surface area (Å²) in [5.41, 5.74) is 0. The van der Waals surface area contributed by atoms with Gasteiger partial charge in [0.05, 0.1) is 5.75 Å². The summed E-state index contributed by atoms with van der Waals surface area (Å²) in [7, 11) is -2.80. The van der Waals surface area contributed by atoms with Crippen LogP contribution in [0.3, 0.4) is 0 Å². The zero-order valence-corrected chi connectivity index (χ0v) is 9.28. The first-order chi connectivity index (χ1) is 6.06. The van der Waals surface area contributed by atoms with Gasteiger partial charge in [0.15, 0.2) is 0 Å². The van der Waals surface area contributed by atoms with Crippen LogP contribution in [0.5, 0.6) is 0 Å². The standard InChI is InChI=1S/C8H20N2O2S/c1-3-9-5-4-6-10-7-8-13(2,11)12/h9-10H,3-8H2,1-2H3. The molecule has 0 aromatic rings. The van der Waals surface area contributed by atoms with Gasteiger partial charge in [-0.25, -0.2) is 8.42 Å². The van der Waals surface area contributed by atoms with Crippen molar-refractivity contribution < 1.29 is 8.42 Å². The highest BCUT2D eigenvalue weighted by molar-refractivity contribution is 7.90. The van der Waals surface area contributed by atoms with E-state index in [9.17, 15) is 8.42 Å². The number of hydrogen-bond acceptors (Lipinski definition) is 4. The first kappa shape index (κ1) is 12.9. The Kier molecular flexibility index (Phi) is 7.22. The molecule has 0 radical (unpaired) electrons. The van der Waals surface area contributed by atoms with Crippen molar-refractivity contribution in [3.63, 3.8) is 0 Å². The molecule has 4 nitrogen and oxygen atoms in total. The Balaban J connectivity index is 3.09. The molecule has 0 aliphatic rings. The van der Waals surface area contributed by atoms with Gasteiger partial charge in [-0.2, -0.15) is 0 Å². The third kappa shape index (κ3) is 11.9. The molecule has 0 aromatic carbocycles. The van der Waals surface area contributed by atoms with Crippen LogP contribution >= 0.6 is 0 Å². The fourth-order valence-electron chi connectivity index (χ4n) is 0.898. The monoisotopic (exact) mass is 208 g/mol. The highest BCUT2D eigenvalue weighted by atomic mass is 32.2. The average molecular weight is 208 g/mol. The van der Waals surface area contributed by atoms with Gasteiger partial charge in [-0.3, -0.25) is 0 Å². The van der Waals surface area contributed by atoms with Crippen molar-refractivity contribution in [3.05, 3.63) is 0 Å². The first-order valence-corrected chi connectivity index (χ1v) is 6.71. The molecule has 0 bridgehead atoms. The van der Waals surface area contributed by atoms with E-state index >= 15 is 0 Å². The Morgan fingerprint density at radius 2 is 1.69 bits per heavy atom. The molecule has 0 fully saturated rings. The van der Waals surface area contributed by atoms with Crippen LogP contribution < -0.4 is 10.6 Å². The molecule has 0 aliphatic carbocycles. The SMILES string of the molecule is CCNCCCNCCS(C)(=O)=O. The van der Waals surface area contributed by atoms with E-state index < -0.39 is 9.84 Å².